The summed E-state index contributed by atoms with van der Waals surface area (Å²) in [5.74, 6) is -0.238. The maximum Gasteiger partial charge on any atom is 0.264 e. The van der Waals surface area contributed by atoms with E-state index in [1.54, 1.807) is 16.8 Å². The summed E-state index contributed by atoms with van der Waals surface area (Å²) in [4.78, 5) is 16.3. The molecule has 1 unspecified atom stereocenters. The van der Waals surface area contributed by atoms with Crippen molar-refractivity contribution < 1.29 is 9.18 Å². The number of nitrogens with zero attached hydrogens (tertiary/aromatic N) is 3. The molecule has 130 valence electrons. The predicted octanol–water partition coefficient (Wildman–Crippen LogP) is 2.97. The summed E-state index contributed by atoms with van der Waals surface area (Å²) in [6.45, 7) is 3.72. The van der Waals surface area contributed by atoms with Crippen LogP contribution in [0.2, 0.25) is 0 Å². The lowest BCUT2D eigenvalue weighted by Gasteiger charge is -2.22. The number of carbonyl (C=O) groups excluding carboxylic acids is 1. The van der Waals surface area contributed by atoms with Crippen molar-refractivity contribution in [3.05, 3.63) is 46.7 Å². The molecule has 1 aromatic carbocycles. The number of hydrogen-bond donors (Lipinski definition) is 1. The second-order valence-electron chi connectivity index (χ2n) is 6.37. The van der Waals surface area contributed by atoms with Crippen molar-refractivity contribution in [3.63, 3.8) is 0 Å². The van der Waals surface area contributed by atoms with Gasteiger partial charge in [-0.3, -0.25) is 4.79 Å². The standard InChI is InChI=1S/C18H19FN4OS/c1-11-15-9-16(17(24)22(2)14-7-8-20-10-14)25-18(15)23(21-11)13-5-3-12(19)4-6-13/h3-6,9,14,20H,7-8,10H2,1-2H3. The van der Waals surface area contributed by atoms with Crippen LogP contribution >= 0.6 is 11.3 Å². The van der Waals surface area contributed by atoms with Gasteiger partial charge in [-0.15, -0.1) is 11.3 Å². The van der Waals surface area contributed by atoms with Gasteiger partial charge in [-0.2, -0.15) is 5.10 Å². The molecule has 3 aromatic rings. The number of rotatable bonds is 3. The van der Waals surface area contributed by atoms with Crippen LogP contribution in [0.15, 0.2) is 30.3 Å². The number of hydrogen-bond acceptors (Lipinski definition) is 4. The van der Waals surface area contributed by atoms with Crippen molar-refractivity contribution in [3.8, 4) is 5.69 Å². The first-order chi connectivity index (χ1) is 12.0. The molecule has 0 saturated carbocycles. The number of aryl methyl sites for hydroxylation is 1. The Bertz CT molecular complexity index is 925. The minimum atomic E-state index is -0.280. The molecule has 1 saturated heterocycles. The van der Waals surface area contributed by atoms with Crippen molar-refractivity contribution in [1.82, 2.24) is 20.0 Å². The van der Waals surface area contributed by atoms with Gasteiger partial charge in [-0.05, 0) is 50.2 Å². The van der Waals surface area contributed by atoms with Crippen LogP contribution < -0.4 is 5.32 Å². The molecular formula is C18H19FN4OS. The molecule has 2 aromatic heterocycles. The molecule has 0 spiro atoms. The maximum atomic E-state index is 13.2. The third-order valence-electron chi connectivity index (χ3n) is 4.73. The largest absolute Gasteiger partial charge is 0.337 e. The van der Waals surface area contributed by atoms with Gasteiger partial charge >= 0.3 is 0 Å². The number of thiophene rings is 1. The molecule has 5 nitrogen and oxygen atoms in total. The highest BCUT2D eigenvalue weighted by Gasteiger charge is 2.26. The molecule has 0 aliphatic carbocycles. The zero-order chi connectivity index (χ0) is 17.6. The molecule has 1 aliphatic heterocycles. The summed E-state index contributed by atoms with van der Waals surface area (Å²) in [5, 5.41) is 8.80. The van der Waals surface area contributed by atoms with Crippen LogP contribution in [-0.4, -0.2) is 46.8 Å². The molecule has 0 radical (unpaired) electrons. The zero-order valence-electron chi connectivity index (χ0n) is 14.1. The van der Waals surface area contributed by atoms with Gasteiger partial charge < -0.3 is 10.2 Å². The number of likely N-dealkylation sites (N-methyl/N-ethyl adjacent to an activating group) is 1. The molecule has 1 aliphatic rings. The number of fused-ring (bicyclic) bond motifs is 1. The Kier molecular flexibility index (Phi) is 4.05. The number of benzene rings is 1. The van der Waals surface area contributed by atoms with Crippen molar-refractivity contribution in [1.29, 1.82) is 0 Å². The summed E-state index contributed by atoms with van der Waals surface area (Å²) in [6.07, 6.45) is 0.982. The van der Waals surface area contributed by atoms with Gasteiger partial charge in [0.05, 0.1) is 16.3 Å². The Morgan fingerprint density at radius 1 is 1.40 bits per heavy atom. The Hall–Kier alpha value is -2.25. The van der Waals surface area contributed by atoms with E-state index in [2.05, 4.69) is 10.4 Å². The smallest absolute Gasteiger partial charge is 0.264 e. The number of carbonyl (C=O) groups is 1. The highest BCUT2D eigenvalue weighted by Crippen LogP contribution is 2.31. The van der Waals surface area contributed by atoms with Crippen LogP contribution in [-0.2, 0) is 0 Å². The van der Waals surface area contributed by atoms with Crippen LogP contribution in [0.25, 0.3) is 15.9 Å². The predicted molar refractivity (Wildman–Crippen MR) is 97.0 cm³/mol. The fraction of sp³-hybridized carbons (Fsp3) is 0.333. The van der Waals surface area contributed by atoms with Gasteiger partial charge in [-0.25, -0.2) is 9.07 Å². The van der Waals surface area contributed by atoms with E-state index in [-0.39, 0.29) is 17.8 Å². The third kappa shape index (κ3) is 2.83. The van der Waals surface area contributed by atoms with Gasteiger partial charge in [-0.1, -0.05) is 0 Å². The fourth-order valence-electron chi connectivity index (χ4n) is 3.22. The number of nitrogens with one attached hydrogen (secondary N) is 1. The van der Waals surface area contributed by atoms with E-state index < -0.39 is 0 Å². The van der Waals surface area contributed by atoms with Crippen LogP contribution in [0.3, 0.4) is 0 Å². The second-order valence-corrected chi connectivity index (χ2v) is 7.40. The number of aromatic nitrogens is 2. The van der Waals surface area contributed by atoms with E-state index in [0.29, 0.717) is 4.88 Å². The van der Waals surface area contributed by atoms with Crippen LogP contribution in [0.1, 0.15) is 21.8 Å². The number of amides is 1. The summed E-state index contributed by atoms with van der Waals surface area (Å²) in [5.41, 5.74) is 1.65. The molecular weight excluding hydrogens is 339 g/mol. The lowest BCUT2D eigenvalue weighted by molar-refractivity contribution is 0.0749. The highest BCUT2D eigenvalue weighted by atomic mass is 32.1. The van der Waals surface area contributed by atoms with Crippen LogP contribution in [0.4, 0.5) is 4.39 Å². The molecule has 1 N–H and O–H groups in total. The molecule has 25 heavy (non-hydrogen) atoms. The van der Waals surface area contributed by atoms with E-state index in [4.69, 9.17) is 0 Å². The Labute approximate surface area is 149 Å². The van der Waals surface area contributed by atoms with E-state index in [1.807, 2.05) is 24.9 Å². The van der Waals surface area contributed by atoms with Crippen molar-refractivity contribution in [2.75, 3.05) is 20.1 Å². The average Bonchev–Trinajstić information content (AvgIpc) is 3.33. The molecule has 0 bridgehead atoms. The topological polar surface area (TPSA) is 50.2 Å². The first-order valence-electron chi connectivity index (χ1n) is 8.27. The molecule has 7 heteroatoms. The van der Waals surface area contributed by atoms with Gasteiger partial charge in [0.15, 0.2) is 0 Å². The van der Waals surface area contributed by atoms with Gasteiger partial charge in [0.1, 0.15) is 10.6 Å². The monoisotopic (exact) mass is 358 g/mol. The SMILES string of the molecule is Cc1nn(-c2ccc(F)cc2)c2sc(C(=O)N(C)C3CCNC3)cc12. The van der Waals surface area contributed by atoms with Gasteiger partial charge in [0.2, 0.25) is 0 Å². The normalized spacial score (nSPS) is 17.3. The Balaban J connectivity index is 1.71. The summed E-state index contributed by atoms with van der Waals surface area (Å²) < 4.78 is 15.0. The van der Waals surface area contributed by atoms with Crippen molar-refractivity contribution in [2.45, 2.75) is 19.4 Å². The molecule has 3 heterocycles. The van der Waals surface area contributed by atoms with E-state index in [0.717, 1.165) is 41.1 Å². The Morgan fingerprint density at radius 3 is 2.84 bits per heavy atom. The summed E-state index contributed by atoms with van der Waals surface area (Å²) >= 11 is 1.43. The lowest BCUT2D eigenvalue weighted by atomic mass is 10.2. The van der Waals surface area contributed by atoms with E-state index >= 15 is 0 Å². The summed E-state index contributed by atoms with van der Waals surface area (Å²) in [7, 11) is 1.86. The minimum absolute atomic E-state index is 0.0416. The average molecular weight is 358 g/mol. The van der Waals surface area contributed by atoms with Crippen LogP contribution in [0.5, 0.6) is 0 Å². The third-order valence-corrected chi connectivity index (χ3v) is 5.83. The summed E-state index contributed by atoms with van der Waals surface area (Å²) in [6, 6.07) is 8.38. The first-order valence-corrected chi connectivity index (χ1v) is 9.09. The zero-order valence-corrected chi connectivity index (χ0v) is 14.9. The quantitative estimate of drug-likeness (QED) is 0.783. The molecule has 1 fully saturated rings. The van der Waals surface area contributed by atoms with Crippen LogP contribution in [0, 0.1) is 12.7 Å². The highest BCUT2D eigenvalue weighted by molar-refractivity contribution is 7.20. The van der Waals surface area contributed by atoms with Gasteiger partial charge in [0, 0.05) is 25.0 Å². The molecule has 1 atom stereocenters. The Morgan fingerprint density at radius 2 is 2.16 bits per heavy atom. The van der Waals surface area contributed by atoms with Crippen molar-refractivity contribution in [2.24, 2.45) is 0 Å². The second kappa shape index (κ2) is 6.24. The number of halogens is 1. The fourth-order valence-corrected chi connectivity index (χ4v) is 4.39. The van der Waals surface area contributed by atoms with E-state index in [1.165, 1.54) is 23.5 Å². The first kappa shape index (κ1) is 16.2. The van der Waals surface area contributed by atoms with Gasteiger partial charge in [0.25, 0.3) is 5.91 Å². The molecule has 1 amide bonds. The molecule has 4 rings (SSSR count). The van der Waals surface area contributed by atoms with Crippen molar-refractivity contribution >= 4 is 27.5 Å². The lowest BCUT2D eigenvalue weighted by Crippen LogP contribution is -2.37. The van der Waals surface area contributed by atoms with E-state index in [9.17, 15) is 9.18 Å². The minimum Gasteiger partial charge on any atom is -0.337 e. The maximum absolute atomic E-state index is 13.2.